The topological polar surface area (TPSA) is 102 Å². The number of benzene rings is 1. The molecule has 1 aromatic carbocycles. The van der Waals surface area contributed by atoms with Crippen LogP contribution in [0, 0.1) is 20.8 Å². The molecule has 0 aliphatic carbocycles. The van der Waals surface area contributed by atoms with Crippen LogP contribution >= 0.6 is 0 Å². The fraction of sp³-hybridized carbons (Fsp3) is 0.409. The molecular weight excluding hydrogens is 370 g/mol. The maximum absolute atomic E-state index is 9.50. The number of hydrogen-bond acceptors (Lipinski definition) is 7. The Labute approximate surface area is 170 Å². The average molecular weight is 397 g/mol. The van der Waals surface area contributed by atoms with E-state index in [0.717, 1.165) is 46.4 Å². The molecule has 0 aliphatic heterocycles. The zero-order valence-electron chi connectivity index (χ0n) is 17.3. The van der Waals surface area contributed by atoms with Crippen molar-refractivity contribution in [3.8, 4) is 28.6 Å². The Morgan fingerprint density at radius 3 is 2.38 bits per heavy atom. The minimum Gasteiger partial charge on any atom is -0.490 e. The van der Waals surface area contributed by atoms with Gasteiger partial charge in [0.1, 0.15) is 18.5 Å². The van der Waals surface area contributed by atoms with E-state index in [-0.39, 0.29) is 13.2 Å². The van der Waals surface area contributed by atoms with Gasteiger partial charge in [-0.1, -0.05) is 18.5 Å². The number of nitrogens with zero attached hydrogens (tertiary/aromatic N) is 3. The van der Waals surface area contributed by atoms with Gasteiger partial charge in [0.2, 0.25) is 5.82 Å². The molecule has 0 bridgehead atoms. The van der Waals surface area contributed by atoms with Gasteiger partial charge in [0.15, 0.2) is 0 Å². The van der Waals surface area contributed by atoms with Gasteiger partial charge in [0.25, 0.3) is 5.89 Å². The monoisotopic (exact) mass is 397 g/mol. The Hall–Kier alpha value is -2.77. The van der Waals surface area contributed by atoms with E-state index in [0.29, 0.717) is 17.5 Å². The molecule has 3 aromatic rings. The Morgan fingerprint density at radius 2 is 1.76 bits per heavy atom. The molecule has 0 fully saturated rings. The Morgan fingerprint density at radius 1 is 1.07 bits per heavy atom. The van der Waals surface area contributed by atoms with E-state index in [4.69, 9.17) is 14.4 Å². The summed E-state index contributed by atoms with van der Waals surface area (Å²) < 4.78 is 11.1. The van der Waals surface area contributed by atoms with Crippen molar-refractivity contribution in [2.75, 3.05) is 13.2 Å². The number of pyridine rings is 1. The van der Waals surface area contributed by atoms with Crippen molar-refractivity contribution < 1.29 is 19.5 Å². The van der Waals surface area contributed by atoms with Crippen molar-refractivity contribution in [3.05, 3.63) is 46.8 Å². The standard InChI is InChI=1S/C22H27N3O4/c1-5-6-19-13(2)7-17(10-23-19)22-24-21(25-29-22)16-8-14(3)20(15(4)9-16)28-12-18(27)11-26/h7-10,18,26-27H,5-6,11-12H2,1-4H3. The first kappa shape index (κ1) is 21.0. The molecule has 154 valence electrons. The zero-order valence-corrected chi connectivity index (χ0v) is 17.3. The van der Waals surface area contributed by atoms with Gasteiger partial charge < -0.3 is 19.5 Å². The van der Waals surface area contributed by atoms with E-state index in [2.05, 4.69) is 22.0 Å². The summed E-state index contributed by atoms with van der Waals surface area (Å²) in [4.78, 5) is 9.06. The van der Waals surface area contributed by atoms with Crippen LogP contribution in [0.2, 0.25) is 0 Å². The van der Waals surface area contributed by atoms with Gasteiger partial charge >= 0.3 is 0 Å². The minimum absolute atomic E-state index is 0.0320. The summed E-state index contributed by atoms with van der Waals surface area (Å²) in [7, 11) is 0. The molecule has 0 saturated heterocycles. The number of aliphatic hydroxyl groups excluding tert-OH is 2. The van der Waals surface area contributed by atoms with Gasteiger partial charge in [0.05, 0.1) is 12.2 Å². The van der Waals surface area contributed by atoms with Crippen molar-refractivity contribution >= 4 is 0 Å². The van der Waals surface area contributed by atoms with Crippen molar-refractivity contribution in [1.82, 2.24) is 15.1 Å². The van der Waals surface area contributed by atoms with Gasteiger partial charge in [-0.3, -0.25) is 4.98 Å². The van der Waals surface area contributed by atoms with Crippen molar-refractivity contribution in [3.63, 3.8) is 0 Å². The van der Waals surface area contributed by atoms with Gasteiger partial charge in [-0.25, -0.2) is 0 Å². The van der Waals surface area contributed by atoms with Crippen molar-refractivity contribution in [2.24, 2.45) is 0 Å². The molecule has 7 heteroatoms. The number of aromatic nitrogens is 3. The van der Waals surface area contributed by atoms with Crippen LogP contribution in [-0.4, -0.2) is 44.7 Å². The number of aryl methyl sites for hydroxylation is 4. The zero-order chi connectivity index (χ0) is 21.0. The smallest absolute Gasteiger partial charge is 0.259 e. The summed E-state index contributed by atoms with van der Waals surface area (Å²) in [6.07, 6.45) is 2.86. The summed E-state index contributed by atoms with van der Waals surface area (Å²) in [6.45, 7) is 7.70. The highest BCUT2D eigenvalue weighted by Gasteiger charge is 2.15. The second kappa shape index (κ2) is 9.15. The molecule has 2 aromatic heterocycles. The fourth-order valence-electron chi connectivity index (χ4n) is 3.22. The van der Waals surface area contributed by atoms with Crippen LogP contribution in [0.15, 0.2) is 28.9 Å². The molecule has 3 rings (SSSR count). The number of hydrogen-bond donors (Lipinski definition) is 2. The average Bonchev–Trinajstić information content (AvgIpc) is 3.19. The molecule has 0 spiro atoms. The van der Waals surface area contributed by atoms with Gasteiger partial charge in [-0.2, -0.15) is 4.98 Å². The minimum atomic E-state index is -0.908. The maximum Gasteiger partial charge on any atom is 0.259 e. The molecule has 0 radical (unpaired) electrons. The quantitative estimate of drug-likeness (QED) is 0.600. The normalized spacial score (nSPS) is 12.2. The first-order valence-electron chi connectivity index (χ1n) is 9.75. The summed E-state index contributed by atoms with van der Waals surface area (Å²) in [6, 6.07) is 5.85. The van der Waals surface area contributed by atoms with E-state index in [9.17, 15) is 5.11 Å². The highest BCUT2D eigenvalue weighted by atomic mass is 16.5. The molecule has 2 heterocycles. The largest absolute Gasteiger partial charge is 0.490 e. The summed E-state index contributed by atoms with van der Waals surface area (Å²) in [5.74, 6) is 1.60. The maximum atomic E-state index is 9.50. The lowest BCUT2D eigenvalue weighted by Gasteiger charge is -2.15. The molecule has 29 heavy (non-hydrogen) atoms. The van der Waals surface area contributed by atoms with E-state index in [1.807, 2.05) is 39.0 Å². The van der Waals surface area contributed by atoms with Gasteiger partial charge in [-0.15, -0.1) is 0 Å². The predicted octanol–water partition coefficient (Wildman–Crippen LogP) is 3.41. The molecule has 2 N–H and O–H groups in total. The van der Waals surface area contributed by atoms with Gasteiger partial charge in [-0.05, 0) is 62.1 Å². The second-order valence-electron chi connectivity index (χ2n) is 7.25. The highest BCUT2D eigenvalue weighted by molar-refractivity contribution is 5.63. The van der Waals surface area contributed by atoms with Crippen molar-refractivity contribution in [1.29, 1.82) is 0 Å². The SMILES string of the molecule is CCCc1ncc(-c2nc(-c3cc(C)c(OCC(O)CO)c(C)c3)no2)cc1C. The lowest BCUT2D eigenvalue weighted by Crippen LogP contribution is -2.21. The Kier molecular flexibility index (Phi) is 6.61. The van der Waals surface area contributed by atoms with Crippen LogP contribution in [0.25, 0.3) is 22.8 Å². The van der Waals surface area contributed by atoms with Crippen LogP contribution in [0.4, 0.5) is 0 Å². The molecule has 0 saturated carbocycles. The fourth-order valence-corrected chi connectivity index (χ4v) is 3.22. The molecule has 7 nitrogen and oxygen atoms in total. The number of ether oxygens (including phenoxy) is 1. The van der Waals surface area contributed by atoms with E-state index >= 15 is 0 Å². The first-order chi connectivity index (χ1) is 13.9. The Bertz CT molecular complexity index is 961. The van der Waals surface area contributed by atoms with Crippen LogP contribution in [-0.2, 0) is 6.42 Å². The molecular formula is C22H27N3O4. The molecule has 1 unspecified atom stereocenters. The molecule has 0 amide bonds. The van der Waals surface area contributed by atoms with Crippen LogP contribution < -0.4 is 4.74 Å². The number of rotatable bonds is 8. The summed E-state index contributed by atoms with van der Waals surface area (Å²) in [5, 5.41) is 22.6. The third kappa shape index (κ3) is 4.81. The van der Waals surface area contributed by atoms with Crippen LogP contribution in [0.1, 0.15) is 35.7 Å². The van der Waals surface area contributed by atoms with E-state index in [1.54, 1.807) is 6.20 Å². The number of aliphatic hydroxyl groups is 2. The van der Waals surface area contributed by atoms with E-state index < -0.39 is 6.10 Å². The van der Waals surface area contributed by atoms with Crippen LogP contribution in [0.3, 0.4) is 0 Å². The van der Waals surface area contributed by atoms with E-state index in [1.165, 1.54) is 0 Å². The molecule has 0 aliphatic rings. The Balaban J connectivity index is 1.84. The second-order valence-corrected chi connectivity index (χ2v) is 7.25. The lowest BCUT2D eigenvalue weighted by atomic mass is 10.1. The van der Waals surface area contributed by atoms with Crippen LogP contribution in [0.5, 0.6) is 5.75 Å². The third-order valence-electron chi connectivity index (χ3n) is 4.70. The lowest BCUT2D eigenvalue weighted by molar-refractivity contribution is 0.0532. The van der Waals surface area contributed by atoms with Crippen molar-refractivity contribution in [2.45, 2.75) is 46.6 Å². The molecule has 1 atom stereocenters. The summed E-state index contributed by atoms with van der Waals surface area (Å²) >= 11 is 0. The van der Waals surface area contributed by atoms with Gasteiger partial charge in [0, 0.05) is 17.5 Å². The predicted molar refractivity (Wildman–Crippen MR) is 110 cm³/mol. The highest BCUT2D eigenvalue weighted by Crippen LogP contribution is 2.30. The first-order valence-corrected chi connectivity index (χ1v) is 9.75. The third-order valence-corrected chi connectivity index (χ3v) is 4.70. The summed E-state index contributed by atoms with van der Waals surface area (Å²) in [5.41, 5.74) is 5.59.